The van der Waals surface area contributed by atoms with Crippen molar-refractivity contribution < 1.29 is 21.9 Å². The Morgan fingerprint density at radius 2 is 1.70 bits per heavy atom. The fraction of sp³-hybridized carbons (Fsp3) is 0.529. The van der Waals surface area contributed by atoms with Gasteiger partial charge in [-0.2, -0.15) is 0 Å². The lowest BCUT2D eigenvalue weighted by Gasteiger charge is -2.38. The van der Waals surface area contributed by atoms with E-state index >= 15 is 0 Å². The fourth-order valence-electron chi connectivity index (χ4n) is 6.10. The minimum Gasteiger partial charge on any atom is -0.396 e. The molecule has 0 aromatic carbocycles. The lowest BCUT2D eigenvalue weighted by atomic mass is 9.82. The van der Waals surface area contributed by atoms with Crippen LogP contribution >= 0.6 is 0 Å². The highest BCUT2D eigenvalue weighted by Gasteiger charge is 2.34. The van der Waals surface area contributed by atoms with Gasteiger partial charge in [0.1, 0.15) is 0 Å². The second-order valence-electron chi connectivity index (χ2n) is 12.2. The molecule has 44 heavy (non-hydrogen) atoms. The molecule has 1 aliphatic heterocycles. The summed E-state index contributed by atoms with van der Waals surface area (Å²) < 4.78 is 50.3. The molecular formula is C34H51N3O5S2. The zero-order chi connectivity index (χ0) is 32.7. The van der Waals surface area contributed by atoms with Crippen molar-refractivity contribution in [2.45, 2.75) is 65.5 Å². The second-order valence-corrected chi connectivity index (χ2v) is 16.1. The summed E-state index contributed by atoms with van der Waals surface area (Å²) in [6.45, 7) is 17.1. The average Bonchev–Trinajstić information content (AvgIpc) is 2.95. The van der Waals surface area contributed by atoms with E-state index in [9.17, 15) is 21.9 Å². The quantitative estimate of drug-likeness (QED) is 0.279. The van der Waals surface area contributed by atoms with Crippen LogP contribution in [-0.4, -0.2) is 92.8 Å². The van der Waals surface area contributed by atoms with Crippen LogP contribution in [0, 0.1) is 5.92 Å². The van der Waals surface area contributed by atoms with Crippen LogP contribution in [0.5, 0.6) is 0 Å². The monoisotopic (exact) mass is 645 g/mol. The van der Waals surface area contributed by atoms with Gasteiger partial charge in [0, 0.05) is 44.5 Å². The first-order valence-electron chi connectivity index (χ1n) is 15.5. The molecule has 1 saturated heterocycles. The van der Waals surface area contributed by atoms with E-state index in [1.165, 1.54) is 0 Å². The van der Waals surface area contributed by atoms with Gasteiger partial charge in [-0.25, -0.2) is 16.8 Å². The predicted molar refractivity (Wildman–Crippen MR) is 182 cm³/mol. The van der Waals surface area contributed by atoms with E-state index in [0.29, 0.717) is 28.5 Å². The number of sulfonamides is 2. The van der Waals surface area contributed by atoms with Crippen molar-refractivity contribution in [3.8, 4) is 0 Å². The van der Waals surface area contributed by atoms with Gasteiger partial charge in [-0.3, -0.25) is 4.90 Å². The standard InChI is InChI=1S/C34H51N3O5S2/c1-8-31(36-22-20-35(21-23-36)26(2)3)17-14-28(5)34(33(13-10-24-38)30-12-9-11-27(4)25-30)29-15-18-32(19-16-29)37(43(6,39)40)44(7,41)42/h8-9,12,14-18,25-27,32,38H,5,10-11,13,19-24H2,1-4,6-7H3/b17-14-,31-8+,34-33+/t27-,32?/m0/s1. The van der Waals surface area contributed by atoms with E-state index in [2.05, 4.69) is 67.5 Å². The van der Waals surface area contributed by atoms with Crippen molar-refractivity contribution >= 4 is 20.0 Å². The molecule has 244 valence electrons. The Morgan fingerprint density at radius 3 is 2.20 bits per heavy atom. The Balaban J connectivity index is 2.04. The molecule has 0 bridgehead atoms. The summed E-state index contributed by atoms with van der Waals surface area (Å²) in [5.74, 6) is 0.363. The molecule has 3 rings (SSSR count). The van der Waals surface area contributed by atoms with Gasteiger partial charge in [-0.1, -0.05) is 65.8 Å². The Hall–Kier alpha value is -2.50. The molecule has 1 heterocycles. The Bertz CT molecular complexity index is 1450. The molecule has 2 aliphatic carbocycles. The van der Waals surface area contributed by atoms with Gasteiger partial charge in [-0.05, 0) is 86.3 Å². The summed E-state index contributed by atoms with van der Waals surface area (Å²) in [5.41, 5.74) is 5.83. The largest absolute Gasteiger partial charge is 0.396 e. The number of aliphatic hydroxyl groups is 1. The summed E-state index contributed by atoms with van der Waals surface area (Å²) in [5, 5.41) is 9.79. The molecule has 1 fully saturated rings. The molecule has 3 aliphatic rings. The van der Waals surface area contributed by atoms with Gasteiger partial charge in [0.05, 0.1) is 18.6 Å². The number of piperazine rings is 1. The van der Waals surface area contributed by atoms with E-state index < -0.39 is 26.1 Å². The van der Waals surface area contributed by atoms with Crippen molar-refractivity contribution in [1.82, 2.24) is 13.5 Å². The predicted octanol–water partition coefficient (Wildman–Crippen LogP) is 5.10. The van der Waals surface area contributed by atoms with Crippen molar-refractivity contribution in [2.75, 3.05) is 45.3 Å². The summed E-state index contributed by atoms with van der Waals surface area (Å²) >= 11 is 0. The average molecular weight is 646 g/mol. The first-order chi connectivity index (χ1) is 20.7. The van der Waals surface area contributed by atoms with Gasteiger partial charge in [0.25, 0.3) is 0 Å². The van der Waals surface area contributed by atoms with Crippen molar-refractivity contribution in [3.05, 3.63) is 94.8 Å². The van der Waals surface area contributed by atoms with Crippen molar-refractivity contribution in [3.63, 3.8) is 0 Å². The third-order valence-electron chi connectivity index (χ3n) is 8.28. The molecule has 0 radical (unpaired) electrons. The zero-order valence-electron chi connectivity index (χ0n) is 27.2. The van der Waals surface area contributed by atoms with Crippen LogP contribution in [0.2, 0.25) is 0 Å². The van der Waals surface area contributed by atoms with Crippen LogP contribution in [0.25, 0.3) is 0 Å². The number of rotatable bonds is 13. The number of aliphatic hydroxyl groups excluding tert-OH is 1. The minimum atomic E-state index is -4.00. The van der Waals surface area contributed by atoms with Crippen LogP contribution in [-0.2, 0) is 20.0 Å². The van der Waals surface area contributed by atoms with Gasteiger partial charge in [0.2, 0.25) is 20.0 Å². The van der Waals surface area contributed by atoms with Crippen molar-refractivity contribution in [2.24, 2.45) is 5.92 Å². The number of allylic oxidation sites excluding steroid dienone is 12. The first-order valence-corrected chi connectivity index (χ1v) is 19.2. The topological polar surface area (TPSA) is 98.2 Å². The third-order valence-corrected chi connectivity index (χ3v) is 11.8. The summed E-state index contributed by atoms with van der Waals surface area (Å²) in [4.78, 5) is 4.87. The molecule has 8 nitrogen and oxygen atoms in total. The number of nitrogens with zero attached hydrogens (tertiary/aromatic N) is 3. The van der Waals surface area contributed by atoms with Gasteiger partial charge in [0.15, 0.2) is 0 Å². The van der Waals surface area contributed by atoms with Gasteiger partial charge < -0.3 is 10.0 Å². The molecule has 0 amide bonds. The van der Waals surface area contributed by atoms with E-state index in [1.54, 1.807) is 6.08 Å². The van der Waals surface area contributed by atoms with Crippen molar-refractivity contribution in [1.29, 1.82) is 0 Å². The third kappa shape index (κ3) is 9.50. The Labute approximate surface area is 266 Å². The van der Waals surface area contributed by atoms with Gasteiger partial charge in [-0.15, -0.1) is 0 Å². The van der Waals surface area contributed by atoms with Crippen LogP contribution < -0.4 is 0 Å². The molecule has 0 saturated carbocycles. The summed E-state index contributed by atoms with van der Waals surface area (Å²) in [6, 6.07) is -0.321. The van der Waals surface area contributed by atoms with E-state index in [1.807, 2.05) is 25.2 Å². The van der Waals surface area contributed by atoms with E-state index in [-0.39, 0.29) is 13.0 Å². The molecule has 1 N–H and O–H groups in total. The molecule has 0 aromatic heterocycles. The molecule has 10 heteroatoms. The Morgan fingerprint density at radius 1 is 1.05 bits per heavy atom. The first kappa shape index (κ1) is 36.0. The summed E-state index contributed by atoms with van der Waals surface area (Å²) in [6.07, 6.45) is 22.4. The smallest absolute Gasteiger partial charge is 0.224 e. The molecular weight excluding hydrogens is 595 g/mol. The number of hydrogen-bond donors (Lipinski definition) is 1. The van der Waals surface area contributed by atoms with E-state index in [0.717, 1.165) is 78.7 Å². The van der Waals surface area contributed by atoms with Crippen LogP contribution in [0.3, 0.4) is 0 Å². The number of hydrogen-bond acceptors (Lipinski definition) is 7. The van der Waals surface area contributed by atoms with E-state index in [4.69, 9.17) is 0 Å². The zero-order valence-corrected chi connectivity index (χ0v) is 28.9. The van der Waals surface area contributed by atoms with Crippen LogP contribution in [0.15, 0.2) is 94.8 Å². The minimum absolute atomic E-state index is 0.0470. The molecule has 1 unspecified atom stereocenters. The SMILES string of the molecule is C=C(/C=C\C(=C/C)N1CCN(C(C)C)CC1)/C(C1=CCC(N(S(C)(=O)=O)S(C)(=O)=O)C=C1)=C(/CCCO)C1=C[C@@H](C)CC=C1. The highest BCUT2D eigenvalue weighted by Crippen LogP contribution is 2.36. The maximum atomic E-state index is 12.4. The lowest BCUT2D eigenvalue weighted by molar-refractivity contribution is 0.132. The maximum Gasteiger partial charge on any atom is 0.224 e. The van der Waals surface area contributed by atoms with Crippen LogP contribution in [0.4, 0.5) is 0 Å². The van der Waals surface area contributed by atoms with Crippen LogP contribution in [0.1, 0.15) is 53.4 Å². The molecule has 2 atom stereocenters. The summed E-state index contributed by atoms with van der Waals surface area (Å²) in [7, 11) is -8.01. The highest BCUT2D eigenvalue weighted by atomic mass is 32.3. The fourth-order valence-corrected chi connectivity index (χ4v) is 9.37. The normalized spacial score (nSPS) is 22.9. The highest BCUT2D eigenvalue weighted by molar-refractivity contribution is 8.03. The van der Waals surface area contributed by atoms with Gasteiger partial charge >= 0.3 is 0 Å². The second kappa shape index (κ2) is 15.7. The lowest BCUT2D eigenvalue weighted by Crippen LogP contribution is -2.48. The molecule has 0 aromatic rings. The Kier molecular flexibility index (Phi) is 12.8. The molecule has 0 spiro atoms. The maximum absolute atomic E-state index is 12.4.